The Morgan fingerprint density at radius 3 is 2.24 bits per heavy atom. The molecule has 12 nitrogen and oxygen atoms in total. The van der Waals surface area contributed by atoms with Gasteiger partial charge in [0.1, 0.15) is 23.2 Å². The first-order valence-corrected chi connectivity index (χ1v) is 13.3. The maximum atomic E-state index is 13.3. The molecule has 1 fully saturated rings. The standard InChI is InChI=1S/C28H25N3O9S/c1-15(32)40-28(2)19(14-37-25(34)16-9-5-3-6-10-16)38-24(22(28)39-26(35)17-11-7-4-8-12-17)31-18-13-20(29)30-23(33)21(18)41-27(31)36/h3-13,19,22,24H,14H2,1-2H3,(H3,29,30,33)/t19-,22+,24-,28-/m1/s1. The van der Waals surface area contributed by atoms with E-state index in [0.717, 1.165) is 11.5 Å². The molecule has 1 aliphatic heterocycles. The molecule has 41 heavy (non-hydrogen) atoms. The molecule has 4 aromatic rings. The predicted molar refractivity (Wildman–Crippen MR) is 148 cm³/mol. The number of carbonyl (C=O) groups excluding carboxylic acids is 3. The van der Waals surface area contributed by atoms with Crippen LogP contribution in [0.4, 0.5) is 5.82 Å². The summed E-state index contributed by atoms with van der Waals surface area (Å²) >= 11 is 0.644. The molecule has 212 valence electrons. The smallest absolute Gasteiger partial charge is 0.338 e. The summed E-state index contributed by atoms with van der Waals surface area (Å²) in [6.07, 6.45) is -4.01. The topological polar surface area (TPSA) is 169 Å². The van der Waals surface area contributed by atoms with Crippen molar-refractivity contribution in [3.63, 3.8) is 0 Å². The molecule has 0 radical (unpaired) electrons. The second-order valence-corrected chi connectivity index (χ2v) is 10.4. The number of ether oxygens (including phenoxy) is 4. The van der Waals surface area contributed by atoms with E-state index in [2.05, 4.69) is 4.98 Å². The fraction of sp³-hybridized carbons (Fsp3) is 0.250. The maximum absolute atomic E-state index is 13.3. The number of nitrogens with zero attached hydrogens (tertiary/aromatic N) is 1. The summed E-state index contributed by atoms with van der Waals surface area (Å²) in [5.74, 6) is -2.20. The molecule has 3 N–H and O–H groups in total. The Morgan fingerprint density at radius 1 is 1.02 bits per heavy atom. The first kappa shape index (κ1) is 27.8. The summed E-state index contributed by atoms with van der Waals surface area (Å²) in [5, 5.41) is 0. The van der Waals surface area contributed by atoms with Gasteiger partial charge in [-0.1, -0.05) is 47.7 Å². The number of aromatic nitrogens is 2. The van der Waals surface area contributed by atoms with Gasteiger partial charge in [-0.2, -0.15) is 0 Å². The lowest BCUT2D eigenvalue weighted by Crippen LogP contribution is -2.52. The molecule has 2 aromatic heterocycles. The lowest BCUT2D eigenvalue weighted by Gasteiger charge is -2.33. The third-order valence-corrected chi connectivity index (χ3v) is 7.61. The predicted octanol–water partition coefficient (Wildman–Crippen LogP) is 2.64. The number of anilines is 1. The average Bonchev–Trinajstić information content (AvgIpc) is 3.40. The third kappa shape index (κ3) is 5.36. The van der Waals surface area contributed by atoms with Gasteiger partial charge < -0.3 is 29.7 Å². The van der Waals surface area contributed by atoms with Gasteiger partial charge in [0.15, 0.2) is 17.9 Å². The van der Waals surface area contributed by atoms with E-state index in [9.17, 15) is 24.0 Å². The number of nitrogen functional groups attached to an aromatic ring is 1. The van der Waals surface area contributed by atoms with Crippen molar-refractivity contribution in [3.05, 3.63) is 97.9 Å². The molecule has 5 rings (SSSR count). The van der Waals surface area contributed by atoms with Crippen LogP contribution in [0.15, 0.2) is 76.3 Å². The van der Waals surface area contributed by atoms with Crippen LogP contribution in [0, 0.1) is 0 Å². The van der Waals surface area contributed by atoms with Crippen LogP contribution in [0.1, 0.15) is 40.8 Å². The summed E-state index contributed by atoms with van der Waals surface area (Å²) in [5.41, 5.74) is 4.12. The zero-order valence-corrected chi connectivity index (χ0v) is 22.7. The highest BCUT2D eigenvalue weighted by molar-refractivity contribution is 7.16. The highest BCUT2D eigenvalue weighted by Crippen LogP contribution is 2.43. The number of hydrogen-bond acceptors (Lipinski definition) is 11. The molecule has 2 aromatic carbocycles. The number of H-pyrrole nitrogens is 1. The van der Waals surface area contributed by atoms with Crippen LogP contribution < -0.4 is 16.2 Å². The minimum absolute atomic E-state index is 0.0130. The maximum Gasteiger partial charge on any atom is 0.338 e. The summed E-state index contributed by atoms with van der Waals surface area (Å²) in [6.45, 7) is 2.19. The fourth-order valence-corrected chi connectivity index (χ4v) is 5.60. The van der Waals surface area contributed by atoms with Crippen molar-refractivity contribution in [1.82, 2.24) is 9.55 Å². The van der Waals surface area contributed by atoms with Gasteiger partial charge in [0.05, 0.1) is 16.6 Å². The quantitative estimate of drug-likeness (QED) is 0.245. The lowest BCUT2D eigenvalue weighted by atomic mass is 9.93. The molecule has 13 heteroatoms. The van der Waals surface area contributed by atoms with Crippen LogP contribution in [0.2, 0.25) is 0 Å². The van der Waals surface area contributed by atoms with E-state index in [4.69, 9.17) is 24.7 Å². The van der Waals surface area contributed by atoms with E-state index in [0.29, 0.717) is 11.3 Å². The number of hydrogen-bond donors (Lipinski definition) is 2. The number of benzene rings is 2. The van der Waals surface area contributed by atoms with E-state index < -0.39 is 59.0 Å². The number of aromatic amines is 1. The van der Waals surface area contributed by atoms with Gasteiger partial charge in [-0.3, -0.25) is 19.0 Å². The number of pyridine rings is 1. The molecule has 0 saturated carbocycles. The van der Waals surface area contributed by atoms with Gasteiger partial charge in [0.25, 0.3) is 5.56 Å². The second-order valence-electron chi connectivity index (χ2n) is 9.46. The fourth-order valence-electron chi connectivity index (χ4n) is 4.72. The van der Waals surface area contributed by atoms with Crippen molar-refractivity contribution in [2.45, 2.75) is 37.9 Å². The van der Waals surface area contributed by atoms with Crippen molar-refractivity contribution in [1.29, 1.82) is 0 Å². The van der Waals surface area contributed by atoms with Gasteiger partial charge in [0.2, 0.25) is 0 Å². The molecule has 0 amide bonds. The van der Waals surface area contributed by atoms with Crippen molar-refractivity contribution >= 4 is 45.3 Å². The molecule has 1 aliphatic rings. The van der Waals surface area contributed by atoms with Crippen LogP contribution in [0.25, 0.3) is 10.2 Å². The Balaban J connectivity index is 1.59. The Kier molecular flexibility index (Phi) is 7.47. The summed E-state index contributed by atoms with van der Waals surface area (Å²) in [6, 6.07) is 17.6. The lowest BCUT2D eigenvalue weighted by molar-refractivity contribution is -0.172. The van der Waals surface area contributed by atoms with Crippen molar-refractivity contribution in [2.75, 3.05) is 12.3 Å². The van der Waals surface area contributed by atoms with E-state index >= 15 is 0 Å². The molecule has 0 aliphatic carbocycles. The molecule has 0 unspecified atom stereocenters. The highest BCUT2D eigenvalue weighted by Gasteiger charge is 2.60. The molecular weight excluding hydrogens is 554 g/mol. The summed E-state index contributed by atoms with van der Waals surface area (Å²) < 4.78 is 24.5. The first-order chi connectivity index (χ1) is 19.6. The van der Waals surface area contributed by atoms with Crippen LogP contribution in [-0.2, 0) is 23.7 Å². The molecule has 4 atom stereocenters. The number of carbonyl (C=O) groups is 3. The van der Waals surface area contributed by atoms with Crippen LogP contribution in [0.5, 0.6) is 0 Å². The third-order valence-electron chi connectivity index (χ3n) is 6.64. The van der Waals surface area contributed by atoms with E-state index in [1.807, 2.05) is 0 Å². The normalized spacial score (nSPS) is 21.9. The number of nitrogens with one attached hydrogen (secondary N) is 1. The Labute approximate surface area is 236 Å². The second kappa shape index (κ2) is 11.0. The highest BCUT2D eigenvalue weighted by atomic mass is 32.1. The summed E-state index contributed by atoms with van der Waals surface area (Å²) in [7, 11) is 0. The minimum atomic E-state index is -1.74. The Hall–Kier alpha value is -4.75. The van der Waals surface area contributed by atoms with Crippen molar-refractivity contribution in [2.24, 2.45) is 0 Å². The van der Waals surface area contributed by atoms with Crippen molar-refractivity contribution < 1.29 is 33.3 Å². The molecular formula is C28H25N3O9S. The monoisotopic (exact) mass is 579 g/mol. The summed E-state index contributed by atoms with van der Waals surface area (Å²) in [4.78, 5) is 65.9. The average molecular weight is 580 g/mol. The van der Waals surface area contributed by atoms with Gasteiger partial charge in [-0.25, -0.2) is 9.59 Å². The Morgan fingerprint density at radius 2 is 1.63 bits per heavy atom. The number of thiazole rings is 1. The van der Waals surface area contributed by atoms with E-state index in [1.165, 1.54) is 25.1 Å². The molecule has 1 saturated heterocycles. The van der Waals surface area contributed by atoms with E-state index in [-0.39, 0.29) is 27.2 Å². The zero-order chi connectivity index (χ0) is 29.3. The Bertz CT molecular complexity index is 1730. The molecule has 0 spiro atoms. The first-order valence-electron chi connectivity index (χ1n) is 12.5. The number of esters is 3. The SMILES string of the molecule is CC(=O)O[C@]1(C)[C@@H](COC(=O)c2ccccc2)O[C@@H](n2c(=O)sc3c(=O)[nH]c(N)cc32)[C@@H]1OC(=O)c1ccccc1. The number of fused-ring (bicyclic) bond motifs is 1. The molecule has 0 bridgehead atoms. The zero-order valence-electron chi connectivity index (χ0n) is 21.9. The van der Waals surface area contributed by atoms with Crippen molar-refractivity contribution in [3.8, 4) is 0 Å². The van der Waals surface area contributed by atoms with Gasteiger partial charge in [0, 0.05) is 13.0 Å². The van der Waals surface area contributed by atoms with Crippen LogP contribution in [-0.4, -0.2) is 51.9 Å². The van der Waals surface area contributed by atoms with Crippen LogP contribution in [0.3, 0.4) is 0 Å². The van der Waals surface area contributed by atoms with Gasteiger partial charge in [-0.05, 0) is 31.2 Å². The largest absolute Gasteiger partial charge is 0.459 e. The minimum Gasteiger partial charge on any atom is -0.459 e. The molecule has 3 heterocycles. The number of rotatable bonds is 7. The number of nitrogens with two attached hydrogens (primary N) is 1. The van der Waals surface area contributed by atoms with E-state index in [1.54, 1.807) is 48.5 Å². The van der Waals surface area contributed by atoms with Gasteiger partial charge in [-0.15, -0.1) is 0 Å². The van der Waals surface area contributed by atoms with Gasteiger partial charge >= 0.3 is 22.8 Å². The van der Waals surface area contributed by atoms with Crippen LogP contribution >= 0.6 is 11.3 Å².